The van der Waals surface area contributed by atoms with E-state index in [0.29, 0.717) is 13.1 Å². The molecule has 0 unspecified atom stereocenters. The van der Waals surface area contributed by atoms with Gasteiger partial charge in [-0.05, 0) is 24.7 Å². The summed E-state index contributed by atoms with van der Waals surface area (Å²) in [5, 5.41) is 18.7. The lowest BCUT2D eigenvalue weighted by molar-refractivity contribution is -0.0498. The lowest BCUT2D eigenvalue weighted by Gasteiger charge is -2.30. The molecule has 1 aromatic carbocycles. The van der Waals surface area contributed by atoms with Crippen LogP contribution in [-0.4, -0.2) is 48.5 Å². The van der Waals surface area contributed by atoms with Crippen molar-refractivity contribution in [2.45, 2.75) is 20.1 Å². The number of nitrogens with zero attached hydrogens (tertiary/aromatic N) is 1. The van der Waals surface area contributed by atoms with Gasteiger partial charge in [-0.3, -0.25) is 0 Å². The number of alkyl halides is 2. The molecule has 0 radical (unpaired) electrons. The van der Waals surface area contributed by atoms with Crippen LogP contribution in [0.2, 0.25) is 5.02 Å². The highest BCUT2D eigenvalue weighted by molar-refractivity contribution is 6.32. The Labute approximate surface area is 127 Å². The lowest BCUT2D eigenvalue weighted by Crippen LogP contribution is -2.38. The Balaban J connectivity index is 2.69. The molecule has 1 rings (SSSR count). The van der Waals surface area contributed by atoms with E-state index in [9.17, 15) is 19.0 Å². The van der Waals surface area contributed by atoms with E-state index < -0.39 is 12.0 Å². The molecule has 0 saturated heterocycles. The summed E-state index contributed by atoms with van der Waals surface area (Å²) in [7, 11) is 1.83. The van der Waals surface area contributed by atoms with Crippen LogP contribution >= 0.6 is 11.6 Å². The van der Waals surface area contributed by atoms with Gasteiger partial charge >= 0.3 is 6.61 Å². The minimum atomic E-state index is -2.91. The molecule has 0 atom stereocenters. The number of aliphatic hydroxyl groups excluding tert-OH is 2. The number of rotatable bonds is 8. The van der Waals surface area contributed by atoms with Crippen molar-refractivity contribution in [3.8, 4) is 5.75 Å². The van der Waals surface area contributed by atoms with Crippen LogP contribution in [0.4, 0.5) is 8.78 Å². The molecular formula is C14H20ClF2NO3. The molecule has 4 nitrogen and oxygen atoms in total. The average molecular weight is 324 g/mol. The summed E-state index contributed by atoms with van der Waals surface area (Å²) >= 11 is 5.89. The maximum absolute atomic E-state index is 12.1. The third-order valence-electron chi connectivity index (χ3n) is 3.08. The fraction of sp³-hybridized carbons (Fsp3) is 0.571. The average Bonchev–Trinajstić information content (AvgIpc) is 2.41. The zero-order chi connectivity index (χ0) is 16.0. The van der Waals surface area contributed by atoms with Crippen molar-refractivity contribution in [1.29, 1.82) is 0 Å². The van der Waals surface area contributed by atoms with E-state index in [4.69, 9.17) is 11.6 Å². The first-order chi connectivity index (χ1) is 9.79. The van der Waals surface area contributed by atoms with Crippen molar-refractivity contribution in [3.05, 3.63) is 28.8 Å². The highest BCUT2D eigenvalue weighted by Crippen LogP contribution is 2.27. The van der Waals surface area contributed by atoms with Gasteiger partial charge in [-0.1, -0.05) is 24.6 Å². The van der Waals surface area contributed by atoms with Crippen LogP contribution in [0.1, 0.15) is 12.5 Å². The highest BCUT2D eigenvalue weighted by Gasteiger charge is 2.24. The van der Waals surface area contributed by atoms with E-state index in [-0.39, 0.29) is 24.0 Å². The Morgan fingerprint density at radius 3 is 2.43 bits per heavy atom. The standard InChI is InChI=1S/C14H20ClF2NO3/c1-14(8-19,9-20)7-18(2)6-10-3-4-12(11(15)5-10)21-13(16)17/h3-5,13,19-20H,6-9H2,1-2H3. The normalized spacial score (nSPS) is 12.2. The largest absolute Gasteiger partial charge is 0.433 e. The Kier molecular flexibility index (Phi) is 6.80. The first-order valence-corrected chi connectivity index (χ1v) is 6.81. The quantitative estimate of drug-likeness (QED) is 0.771. The maximum atomic E-state index is 12.1. The number of halogens is 3. The minimum absolute atomic E-state index is 0.0615. The molecule has 0 aromatic heterocycles. The predicted molar refractivity (Wildman–Crippen MR) is 76.7 cm³/mol. The van der Waals surface area contributed by atoms with Crippen molar-refractivity contribution >= 4 is 11.6 Å². The lowest BCUT2D eigenvalue weighted by atomic mass is 9.92. The van der Waals surface area contributed by atoms with Crippen molar-refractivity contribution in [2.75, 3.05) is 26.8 Å². The minimum Gasteiger partial charge on any atom is -0.433 e. The van der Waals surface area contributed by atoms with Gasteiger partial charge in [0.15, 0.2) is 0 Å². The third kappa shape index (κ3) is 5.74. The molecule has 0 amide bonds. The summed E-state index contributed by atoms with van der Waals surface area (Å²) in [6.45, 7) is -0.412. The van der Waals surface area contributed by atoms with Crippen molar-refractivity contribution in [3.63, 3.8) is 0 Å². The molecule has 21 heavy (non-hydrogen) atoms. The highest BCUT2D eigenvalue weighted by atomic mass is 35.5. The summed E-state index contributed by atoms with van der Waals surface area (Å²) in [6.07, 6.45) is 0. The van der Waals surface area contributed by atoms with Crippen LogP contribution in [0.15, 0.2) is 18.2 Å². The third-order valence-corrected chi connectivity index (χ3v) is 3.38. The fourth-order valence-electron chi connectivity index (χ4n) is 2.00. The Hall–Kier alpha value is -0.950. The number of aliphatic hydroxyl groups is 2. The number of hydrogen-bond donors (Lipinski definition) is 2. The van der Waals surface area contributed by atoms with E-state index in [2.05, 4.69) is 4.74 Å². The Morgan fingerprint density at radius 2 is 1.95 bits per heavy atom. The van der Waals surface area contributed by atoms with Crippen LogP contribution in [0.25, 0.3) is 0 Å². The molecule has 0 spiro atoms. The van der Waals surface area contributed by atoms with Crippen LogP contribution in [0.3, 0.4) is 0 Å². The van der Waals surface area contributed by atoms with Crippen LogP contribution in [0.5, 0.6) is 5.75 Å². The molecule has 0 aliphatic carbocycles. The second kappa shape index (κ2) is 7.89. The summed E-state index contributed by atoms with van der Waals surface area (Å²) in [6, 6.07) is 4.61. The molecular weight excluding hydrogens is 304 g/mol. The summed E-state index contributed by atoms with van der Waals surface area (Å²) in [5.74, 6) is -0.0615. The summed E-state index contributed by atoms with van der Waals surface area (Å²) < 4.78 is 28.6. The molecule has 0 saturated carbocycles. The van der Waals surface area contributed by atoms with Gasteiger partial charge in [0.2, 0.25) is 0 Å². The first-order valence-electron chi connectivity index (χ1n) is 6.43. The van der Waals surface area contributed by atoms with Gasteiger partial charge in [0, 0.05) is 18.5 Å². The van der Waals surface area contributed by atoms with Gasteiger partial charge in [0.05, 0.1) is 18.2 Å². The number of hydrogen-bond acceptors (Lipinski definition) is 4. The van der Waals surface area contributed by atoms with Gasteiger partial charge in [0.1, 0.15) is 5.75 Å². The van der Waals surface area contributed by atoms with E-state index in [1.54, 1.807) is 19.1 Å². The Morgan fingerprint density at radius 1 is 1.33 bits per heavy atom. The van der Waals surface area contributed by atoms with Gasteiger partial charge in [-0.15, -0.1) is 0 Å². The van der Waals surface area contributed by atoms with E-state index >= 15 is 0 Å². The Bertz CT molecular complexity index is 456. The molecule has 120 valence electrons. The van der Waals surface area contributed by atoms with Crippen molar-refractivity contribution in [2.24, 2.45) is 5.41 Å². The van der Waals surface area contributed by atoms with Gasteiger partial charge < -0.3 is 19.8 Å². The zero-order valence-corrected chi connectivity index (χ0v) is 12.8. The molecule has 0 bridgehead atoms. The molecule has 0 heterocycles. The molecule has 2 N–H and O–H groups in total. The molecule has 1 aromatic rings. The van der Waals surface area contributed by atoms with Crippen LogP contribution in [0, 0.1) is 5.41 Å². The van der Waals surface area contributed by atoms with Crippen LogP contribution < -0.4 is 4.74 Å². The van der Waals surface area contributed by atoms with Gasteiger partial charge in [-0.25, -0.2) is 0 Å². The summed E-state index contributed by atoms with van der Waals surface area (Å²) in [4.78, 5) is 1.91. The second-order valence-corrected chi connectivity index (χ2v) is 5.85. The fourth-order valence-corrected chi connectivity index (χ4v) is 2.25. The van der Waals surface area contributed by atoms with Gasteiger partial charge in [0.25, 0.3) is 0 Å². The number of ether oxygens (including phenoxy) is 1. The van der Waals surface area contributed by atoms with E-state index in [1.165, 1.54) is 6.07 Å². The van der Waals surface area contributed by atoms with E-state index in [0.717, 1.165) is 5.56 Å². The smallest absolute Gasteiger partial charge is 0.387 e. The monoisotopic (exact) mass is 323 g/mol. The molecule has 0 aliphatic heterocycles. The topological polar surface area (TPSA) is 52.9 Å². The van der Waals surface area contributed by atoms with E-state index in [1.807, 2.05) is 11.9 Å². The SMILES string of the molecule is CN(Cc1ccc(OC(F)F)c(Cl)c1)CC(C)(CO)CO. The maximum Gasteiger partial charge on any atom is 0.387 e. The summed E-state index contributed by atoms with van der Waals surface area (Å²) in [5.41, 5.74) is 0.222. The number of benzene rings is 1. The predicted octanol–water partition coefficient (Wildman–Crippen LogP) is 2.36. The first kappa shape index (κ1) is 18.1. The zero-order valence-electron chi connectivity index (χ0n) is 12.0. The molecule has 7 heteroatoms. The van der Waals surface area contributed by atoms with Crippen molar-refractivity contribution in [1.82, 2.24) is 4.90 Å². The van der Waals surface area contributed by atoms with Gasteiger partial charge in [-0.2, -0.15) is 8.78 Å². The second-order valence-electron chi connectivity index (χ2n) is 5.44. The van der Waals surface area contributed by atoms with Crippen LogP contribution in [-0.2, 0) is 6.54 Å². The molecule has 0 fully saturated rings. The van der Waals surface area contributed by atoms with Crippen molar-refractivity contribution < 1.29 is 23.7 Å². The molecule has 0 aliphatic rings.